The summed E-state index contributed by atoms with van der Waals surface area (Å²) in [6.07, 6.45) is 1.42. The van der Waals surface area contributed by atoms with Gasteiger partial charge < -0.3 is 0 Å². The highest BCUT2D eigenvalue weighted by Crippen LogP contribution is 2.14. The summed E-state index contributed by atoms with van der Waals surface area (Å²) in [6.45, 7) is 0. The molecule has 0 saturated heterocycles. The van der Waals surface area contributed by atoms with E-state index in [1.807, 2.05) is 18.2 Å². The molecule has 0 bridgehead atoms. The Bertz CT molecular complexity index is 478. The lowest BCUT2D eigenvalue weighted by molar-refractivity contribution is 0.0934. The Labute approximate surface area is 90.2 Å². The van der Waals surface area contributed by atoms with Crippen molar-refractivity contribution < 1.29 is 4.79 Å². The molecule has 0 spiro atoms. The minimum atomic E-state index is -1.06. The van der Waals surface area contributed by atoms with E-state index in [0.717, 1.165) is 5.52 Å². The third kappa shape index (κ3) is 1.49. The van der Waals surface area contributed by atoms with Crippen LogP contribution in [-0.2, 0) is 0 Å². The van der Waals surface area contributed by atoms with E-state index in [0.29, 0.717) is 5.52 Å². The van der Waals surface area contributed by atoms with Crippen molar-refractivity contribution in [1.82, 2.24) is 9.55 Å². The van der Waals surface area contributed by atoms with Gasteiger partial charge in [-0.25, -0.2) is 4.98 Å². The highest BCUT2D eigenvalue weighted by molar-refractivity contribution is 6.53. The standard InChI is InChI=1S/C9H6Cl2N2O/c10-8(11)9(14)13-5-12-6-3-1-2-4-7(6)13/h1-5,8H. The molecule has 2 aromatic rings. The number of hydrogen-bond donors (Lipinski definition) is 0. The van der Waals surface area contributed by atoms with Gasteiger partial charge in [-0.15, -0.1) is 0 Å². The molecule has 0 aliphatic carbocycles. The average Bonchev–Trinajstić information content (AvgIpc) is 2.60. The Kier molecular flexibility index (Phi) is 2.44. The molecule has 3 nitrogen and oxygen atoms in total. The lowest BCUT2D eigenvalue weighted by Crippen LogP contribution is -2.16. The van der Waals surface area contributed by atoms with Crippen LogP contribution in [0.3, 0.4) is 0 Å². The molecule has 0 amide bonds. The summed E-state index contributed by atoms with van der Waals surface area (Å²) >= 11 is 11.0. The molecular formula is C9H6Cl2N2O. The van der Waals surface area contributed by atoms with E-state index in [1.165, 1.54) is 10.9 Å². The molecule has 72 valence electrons. The van der Waals surface area contributed by atoms with Crippen molar-refractivity contribution in [2.24, 2.45) is 0 Å². The molecule has 0 aliphatic heterocycles. The van der Waals surface area contributed by atoms with Gasteiger partial charge in [0.1, 0.15) is 6.33 Å². The number of nitrogens with zero attached hydrogens (tertiary/aromatic N) is 2. The van der Waals surface area contributed by atoms with Crippen molar-refractivity contribution in [2.45, 2.75) is 4.84 Å². The molecule has 0 saturated carbocycles. The molecule has 0 radical (unpaired) electrons. The number of rotatable bonds is 1. The summed E-state index contributed by atoms with van der Waals surface area (Å²) in [4.78, 5) is 14.5. The van der Waals surface area contributed by atoms with E-state index in [9.17, 15) is 4.79 Å². The summed E-state index contributed by atoms with van der Waals surface area (Å²) in [5.74, 6) is -0.387. The van der Waals surface area contributed by atoms with Crippen LogP contribution in [-0.4, -0.2) is 20.3 Å². The number of alkyl halides is 2. The Morgan fingerprint density at radius 3 is 2.79 bits per heavy atom. The van der Waals surface area contributed by atoms with Crippen LogP contribution in [0, 0.1) is 0 Å². The zero-order valence-electron chi connectivity index (χ0n) is 7.02. The normalized spacial score (nSPS) is 11.1. The van der Waals surface area contributed by atoms with Gasteiger partial charge in [0.25, 0.3) is 5.91 Å². The largest absolute Gasteiger partial charge is 0.271 e. The monoisotopic (exact) mass is 228 g/mol. The molecule has 1 aromatic carbocycles. The summed E-state index contributed by atoms with van der Waals surface area (Å²) in [5, 5.41) is 0. The van der Waals surface area contributed by atoms with E-state index in [-0.39, 0.29) is 5.91 Å². The van der Waals surface area contributed by atoms with Crippen LogP contribution in [0.1, 0.15) is 4.79 Å². The van der Waals surface area contributed by atoms with Crippen LogP contribution in [0.2, 0.25) is 0 Å². The van der Waals surface area contributed by atoms with E-state index < -0.39 is 4.84 Å². The number of aromatic nitrogens is 2. The number of hydrogen-bond acceptors (Lipinski definition) is 2. The lowest BCUT2D eigenvalue weighted by Gasteiger charge is -2.01. The zero-order valence-corrected chi connectivity index (χ0v) is 8.53. The zero-order chi connectivity index (χ0) is 10.1. The second-order valence-electron chi connectivity index (χ2n) is 2.74. The number of benzene rings is 1. The van der Waals surface area contributed by atoms with Gasteiger partial charge in [0.15, 0.2) is 4.84 Å². The van der Waals surface area contributed by atoms with Crippen LogP contribution in [0.25, 0.3) is 11.0 Å². The summed E-state index contributed by atoms with van der Waals surface area (Å²) in [7, 11) is 0. The number of carbonyl (C=O) groups is 1. The maximum atomic E-state index is 11.5. The molecule has 0 aliphatic rings. The Hall–Kier alpha value is -1.06. The second-order valence-corrected chi connectivity index (χ2v) is 3.84. The Balaban J connectivity index is 2.58. The number of imidazole rings is 1. The fraction of sp³-hybridized carbons (Fsp3) is 0.111. The first-order valence-corrected chi connectivity index (χ1v) is 4.82. The number of halogens is 2. The van der Waals surface area contributed by atoms with E-state index in [1.54, 1.807) is 6.07 Å². The molecule has 2 rings (SSSR count). The molecule has 0 atom stereocenters. The smallest absolute Gasteiger partial charge is 0.265 e. The van der Waals surface area contributed by atoms with Crippen molar-refractivity contribution in [3.63, 3.8) is 0 Å². The minimum absolute atomic E-state index is 0.387. The summed E-state index contributed by atoms with van der Waals surface area (Å²) in [6, 6.07) is 7.28. The molecule has 1 heterocycles. The number of para-hydroxylation sites is 2. The predicted molar refractivity (Wildman–Crippen MR) is 55.9 cm³/mol. The van der Waals surface area contributed by atoms with Crippen LogP contribution >= 0.6 is 23.2 Å². The lowest BCUT2D eigenvalue weighted by atomic mass is 10.3. The molecule has 0 fully saturated rings. The number of fused-ring (bicyclic) bond motifs is 1. The van der Waals surface area contributed by atoms with Crippen molar-refractivity contribution >= 4 is 40.1 Å². The molecular weight excluding hydrogens is 223 g/mol. The highest BCUT2D eigenvalue weighted by atomic mass is 35.5. The van der Waals surface area contributed by atoms with Gasteiger partial charge >= 0.3 is 0 Å². The highest BCUT2D eigenvalue weighted by Gasteiger charge is 2.15. The van der Waals surface area contributed by atoms with Gasteiger partial charge in [0.2, 0.25) is 0 Å². The maximum absolute atomic E-state index is 11.5. The Morgan fingerprint density at radius 2 is 2.07 bits per heavy atom. The van der Waals surface area contributed by atoms with E-state index in [4.69, 9.17) is 23.2 Å². The molecule has 0 N–H and O–H groups in total. The van der Waals surface area contributed by atoms with Crippen molar-refractivity contribution in [3.05, 3.63) is 30.6 Å². The fourth-order valence-electron chi connectivity index (χ4n) is 1.24. The van der Waals surface area contributed by atoms with E-state index >= 15 is 0 Å². The van der Waals surface area contributed by atoms with Crippen LogP contribution in [0.15, 0.2) is 30.6 Å². The summed E-state index contributed by atoms with van der Waals surface area (Å²) in [5.41, 5.74) is 1.46. The van der Waals surface area contributed by atoms with Crippen molar-refractivity contribution in [2.75, 3.05) is 0 Å². The van der Waals surface area contributed by atoms with Crippen LogP contribution < -0.4 is 0 Å². The van der Waals surface area contributed by atoms with Gasteiger partial charge in [0.05, 0.1) is 11.0 Å². The van der Waals surface area contributed by atoms with Crippen LogP contribution in [0.4, 0.5) is 0 Å². The molecule has 14 heavy (non-hydrogen) atoms. The molecule has 5 heteroatoms. The quantitative estimate of drug-likeness (QED) is 0.704. The second kappa shape index (κ2) is 3.59. The van der Waals surface area contributed by atoms with Crippen LogP contribution in [0.5, 0.6) is 0 Å². The first kappa shape index (κ1) is 9.49. The first-order chi connectivity index (χ1) is 6.70. The van der Waals surface area contributed by atoms with E-state index in [2.05, 4.69) is 4.98 Å². The third-order valence-corrected chi connectivity index (χ3v) is 2.25. The van der Waals surface area contributed by atoms with Gasteiger partial charge in [0, 0.05) is 0 Å². The number of carbonyl (C=O) groups excluding carboxylic acids is 1. The molecule has 0 unspecified atom stereocenters. The topological polar surface area (TPSA) is 34.9 Å². The van der Waals surface area contributed by atoms with Gasteiger partial charge in [-0.1, -0.05) is 35.3 Å². The van der Waals surface area contributed by atoms with Gasteiger partial charge in [-0.05, 0) is 12.1 Å². The molecule has 1 aromatic heterocycles. The third-order valence-electron chi connectivity index (χ3n) is 1.88. The van der Waals surface area contributed by atoms with Crippen molar-refractivity contribution in [3.8, 4) is 0 Å². The summed E-state index contributed by atoms with van der Waals surface area (Å²) < 4.78 is 1.35. The fourth-order valence-corrected chi connectivity index (χ4v) is 1.45. The minimum Gasteiger partial charge on any atom is -0.271 e. The van der Waals surface area contributed by atoms with Gasteiger partial charge in [-0.2, -0.15) is 0 Å². The SMILES string of the molecule is O=C(C(Cl)Cl)n1cnc2ccccc21. The predicted octanol–water partition coefficient (Wildman–Crippen LogP) is 2.48. The first-order valence-electron chi connectivity index (χ1n) is 3.94. The maximum Gasteiger partial charge on any atom is 0.265 e. The van der Waals surface area contributed by atoms with Gasteiger partial charge in [-0.3, -0.25) is 9.36 Å². The Morgan fingerprint density at radius 1 is 1.36 bits per heavy atom. The average molecular weight is 229 g/mol. The van der Waals surface area contributed by atoms with Crippen molar-refractivity contribution in [1.29, 1.82) is 0 Å².